The van der Waals surface area contributed by atoms with Crippen LogP contribution in [0.4, 0.5) is 5.82 Å². The van der Waals surface area contributed by atoms with Gasteiger partial charge in [0.05, 0.1) is 0 Å². The first-order chi connectivity index (χ1) is 8.95. The van der Waals surface area contributed by atoms with E-state index in [2.05, 4.69) is 63.8 Å². The lowest BCUT2D eigenvalue weighted by molar-refractivity contribution is 0.269. The fourth-order valence-electron chi connectivity index (χ4n) is 1.51. The third-order valence-corrected chi connectivity index (χ3v) is 4.40. The van der Waals surface area contributed by atoms with Gasteiger partial charge in [-0.15, -0.1) is 0 Å². The SMILES string of the molecule is Cc1c(Cl)nc(C(C)(C)C)nc1NCC(C)(C)C(C)C. The third kappa shape index (κ3) is 4.08. The Bertz CT molecular complexity index is 473. The second-order valence-electron chi connectivity index (χ2n) is 7.56. The highest BCUT2D eigenvalue weighted by Crippen LogP contribution is 2.29. The van der Waals surface area contributed by atoms with Gasteiger partial charge >= 0.3 is 0 Å². The monoisotopic (exact) mass is 297 g/mol. The van der Waals surface area contributed by atoms with Crippen molar-refractivity contribution in [1.29, 1.82) is 0 Å². The molecule has 0 atom stereocenters. The molecule has 0 amide bonds. The molecular formula is C16H28ClN3. The van der Waals surface area contributed by atoms with Gasteiger partial charge in [-0.2, -0.15) is 0 Å². The van der Waals surface area contributed by atoms with Crippen LogP contribution in [0.2, 0.25) is 5.15 Å². The molecule has 0 saturated heterocycles. The molecule has 1 aromatic heterocycles. The maximum Gasteiger partial charge on any atom is 0.137 e. The summed E-state index contributed by atoms with van der Waals surface area (Å²) in [5.41, 5.74) is 1.01. The largest absolute Gasteiger partial charge is 0.369 e. The molecule has 0 bridgehead atoms. The van der Waals surface area contributed by atoms with E-state index < -0.39 is 0 Å². The van der Waals surface area contributed by atoms with Crippen LogP contribution >= 0.6 is 11.6 Å². The van der Waals surface area contributed by atoms with E-state index in [0.29, 0.717) is 11.1 Å². The van der Waals surface area contributed by atoms with Gasteiger partial charge in [0.2, 0.25) is 0 Å². The molecule has 0 aliphatic rings. The summed E-state index contributed by atoms with van der Waals surface area (Å²) in [5.74, 6) is 2.22. The van der Waals surface area contributed by atoms with Gasteiger partial charge < -0.3 is 5.32 Å². The van der Waals surface area contributed by atoms with Gasteiger partial charge in [0.15, 0.2) is 0 Å². The normalized spacial score (nSPS) is 12.9. The fourth-order valence-corrected chi connectivity index (χ4v) is 1.68. The molecule has 1 aromatic rings. The highest BCUT2D eigenvalue weighted by molar-refractivity contribution is 6.30. The second kappa shape index (κ2) is 5.88. The molecule has 0 aromatic carbocycles. The molecular weight excluding hydrogens is 270 g/mol. The summed E-state index contributed by atoms with van der Waals surface area (Å²) in [5, 5.41) is 3.99. The summed E-state index contributed by atoms with van der Waals surface area (Å²) in [6.45, 7) is 18.1. The van der Waals surface area contributed by atoms with Gasteiger partial charge in [0, 0.05) is 17.5 Å². The van der Waals surface area contributed by atoms with Gasteiger partial charge in [-0.1, -0.05) is 60.1 Å². The van der Waals surface area contributed by atoms with Crippen molar-refractivity contribution in [1.82, 2.24) is 9.97 Å². The maximum atomic E-state index is 6.25. The number of anilines is 1. The van der Waals surface area contributed by atoms with E-state index in [9.17, 15) is 0 Å². The highest BCUT2D eigenvalue weighted by Gasteiger charge is 2.24. The zero-order chi connectivity index (χ0) is 15.7. The predicted molar refractivity (Wildman–Crippen MR) is 87.6 cm³/mol. The van der Waals surface area contributed by atoms with Crippen LogP contribution in [0.5, 0.6) is 0 Å². The summed E-state index contributed by atoms with van der Waals surface area (Å²) in [6, 6.07) is 0. The van der Waals surface area contributed by atoms with Crippen LogP contribution in [0.15, 0.2) is 0 Å². The second-order valence-corrected chi connectivity index (χ2v) is 7.92. The van der Waals surface area contributed by atoms with Gasteiger partial charge in [0.25, 0.3) is 0 Å². The van der Waals surface area contributed by atoms with Gasteiger partial charge in [-0.3, -0.25) is 0 Å². The Morgan fingerprint density at radius 3 is 2.10 bits per heavy atom. The fraction of sp³-hybridized carbons (Fsp3) is 0.750. The summed E-state index contributed by atoms with van der Waals surface area (Å²) in [4.78, 5) is 9.06. The number of nitrogens with zero attached hydrogens (tertiary/aromatic N) is 2. The molecule has 114 valence electrons. The number of hydrogen-bond donors (Lipinski definition) is 1. The van der Waals surface area contributed by atoms with Crippen molar-refractivity contribution in [2.24, 2.45) is 11.3 Å². The average molecular weight is 298 g/mol. The average Bonchev–Trinajstić information content (AvgIpc) is 2.29. The molecule has 1 N–H and O–H groups in total. The molecule has 0 unspecified atom stereocenters. The Hall–Kier alpha value is -0.830. The summed E-state index contributed by atoms with van der Waals surface area (Å²) in [7, 11) is 0. The van der Waals surface area contributed by atoms with E-state index in [0.717, 1.165) is 23.8 Å². The molecule has 20 heavy (non-hydrogen) atoms. The van der Waals surface area contributed by atoms with E-state index in [1.54, 1.807) is 0 Å². The van der Waals surface area contributed by atoms with Crippen molar-refractivity contribution >= 4 is 17.4 Å². The minimum atomic E-state index is -0.110. The number of nitrogens with one attached hydrogen (secondary N) is 1. The predicted octanol–water partition coefficient (Wildman–Crippen LogP) is 4.83. The molecule has 1 heterocycles. The first-order valence-corrected chi connectivity index (χ1v) is 7.61. The Morgan fingerprint density at radius 1 is 1.10 bits per heavy atom. The van der Waals surface area contributed by atoms with Gasteiger partial charge in [-0.25, -0.2) is 9.97 Å². The zero-order valence-corrected chi connectivity index (χ0v) is 14.8. The van der Waals surface area contributed by atoms with E-state index in [1.165, 1.54) is 0 Å². The molecule has 1 rings (SSSR count). The van der Waals surface area contributed by atoms with Crippen molar-refractivity contribution in [2.75, 3.05) is 11.9 Å². The van der Waals surface area contributed by atoms with Crippen molar-refractivity contribution < 1.29 is 0 Å². The molecule has 0 aliphatic carbocycles. The lowest BCUT2D eigenvalue weighted by Gasteiger charge is -2.30. The number of hydrogen-bond acceptors (Lipinski definition) is 3. The van der Waals surface area contributed by atoms with Gasteiger partial charge in [-0.05, 0) is 18.3 Å². The molecule has 0 radical (unpaired) electrons. The summed E-state index contributed by atoms with van der Waals surface area (Å²) < 4.78 is 0. The standard InChI is InChI=1S/C16H28ClN3/c1-10(2)16(7,8)9-18-13-11(3)12(17)19-14(20-13)15(4,5)6/h10H,9H2,1-8H3,(H,18,19,20). The minimum absolute atomic E-state index is 0.110. The molecule has 0 aliphatic heterocycles. The Labute approximate surface area is 128 Å². The van der Waals surface area contributed by atoms with Crippen LogP contribution < -0.4 is 5.32 Å². The molecule has 3 nitrogen and oxygen atoms in total. The van der Waals surface area contributed by atoms with E-state index in [4.69, 9.17) is 11.6 Å². The quantitative estimate of drug-likeness (QED) is 0.809. The molecule has 0 fully saturated rings. The number of halogens is 1. The Kier molecular flexibility index (Phi) is 5.07. The zero-order valence-electron chi connectivity index (χ0n) is 14.1. The van der Waals surface area contributed by atoms with Crippen LogP contribution in [0.25, 0.3) is 0 Å². The highest BCUT2D eigenvalue weighted by atomic mass is 35.5. The summed E-state index contributed by atoms with van der Waals surface area (Å²) in [6.07, 6.45) is 0. The summed E-state index contributed by atoms with van der Waals surface area (Å²) >= 11 is 6.25. The molecule has 0 spiro atoms. The van der Waals surface area contributed by atoms with Crippen LogP contribution in [0, 0.1) is 18.3 Å². The lowest BCUT2D eigenvalue weighted by atomic mass is 9.81. The van der Waals surface area contributed by atoms with E-state index >= 15 is 0 Å². The van der Waals surface area contributed by atoms with Crippen molar-refractivity contribution in [2.45, 2.75) is 60.8 Å². The first kappa shape index (κ1) is 17.2. The van der Waals surface area contributed by atoms with Crippen molar-refractivity contribution in [3.63, 3.8) is 0 Å². The Balaban J connectivity index is 3.04. The topological polar surface area (TPSA) is 37.8 Å². The van der Waals surface area contributed by atoms with Crippen LogP contribution in [0.3, 0.4) is 0 Å². The molecule has 0 saturated carbocycles. The maximum absolute atomic E-state index is 6.25. The van der Waals surface area contributed by atoms with Crippen molar-refractivity contribution in [3.8, 4) is 0 Å². The lowest BCUT2D eigenvalue weighted by Crippen LogP contribution is -2.29. The Morgan fingerprint density at radius 2 is 1.65 bits per heavy atom. The van der Waals surface area contributed by atoms with E-state index in [-0.39, 0.29) is 10.8 Å². The molecule has 4 heteroatoms. The van der Waals surface area contributed by atoms with Crippen molar-refractivity contribution in [3.05, 3.63) is 16.5 Å². The van der Waals surface area contributed by atoms with Crippen LogP contribution in [0.1, 0.15) is 59.9 Å². The van der Waals surface area contributed by atoms with Gasteiger partial charge in [0.1, 0.15) is 16.8 Å². The number of aromatic nitrogens is 2. The minimum Gasteiger partial charge on any atom is -0.369 e. The smallest absolute Gasteiger partial charge is 0.137 e. The van der Waals surface area contributed by atoms with E-state index in [1.807, 2.05) is 6.92 Å². The third-order valence-electron chi connectivity index (χ3n) is 4.03. The number of rotatable bonds is 4. The first-order valence-electron chi connectivity index (χ1n) is 7.23. The van der Waals surface area contributed by atoms with Crippen LogP contribution in [-0.4, -0.2) is 16.5 Å². The van der Waals surface area contributed by atoms with Crippen LogP contribution in [-0.2, 0) is 5.41 Å².